The van der Waals surface area contributed by atoms with Crippen molar-refractivity contribution in [3.8, 4) is 0 Å². The predicted octanol–water partition coefficient (Wildman–Crippen LogP) is 2.06. The smallest absolute Gasteiger partial charge is 0.335 e. The molecule has 0 atom stereocenters. The zero-order chi connectivity index (χ0) is 9.97. The molecule has 1 fully saturated rings. The second-order valence-corrected chi connectivity index (χ2v) is 3.51. The van der Waals surface area contributed by atoms with Crippen molar-refractivity contribution in [3.63, 3.8) is 0 Å². The molecular weight excluding hydrogens is 180 g/mol. The monoisotopic (exact) mass is 192 g/mol. The highest BCUT2D eigenvalue weighted by molar-refractivity contribution is 5.87. The third-order valence-electron chi connectivity index (χ3n) is 2.21. The lowest BCUT2D eigenvalue weighted by molar-refractivity contribution is 0.0696. The average Bonchev–Trinajstić information content (AvgIpc) is 2.99. The Labute approximate surface area is 82.3 Å². The lowest BCUT2D eigenvalue weighted by atomic mass is 10.1. The van der Waals surface area contributed by atoms with Crippen LogP contribution in [0.2, 0.25) is 0 Å². The molecule has 0 unspecified atom stereocenters. The van der Waals surface area contributed by atoms with Gasteiger partial charge in [-0.25, -0.2) is 4.79 Å². The summed E-state index contributed by atoms with van der Waals surface area (Å²) in [5.41, 5.74) is 1.35. The molecule has 1 N–H and O–H groups in total. The van der Waals surface area contributed by atoms with Crippen LogP contribution in [0.3, 0.4) is 0 Å². The second kappa shape index (κ2) is 3.80. The quantitative estimate of drug-likeness (QED) is 0.794. The molecule has 0 aliphatic heterocycles. The highest BCUT2D eigenvalue weighted by Crippen LogP contribution is 2.24. The zero-order valence-electron chi connectivity index (χ0n) is 7.77. The largest absolute Gasteiger partial charge is 0.478 e. The third kappa shape index (κ3) is 2.33. The molecule has 0 radical (unpaired) electrons. The van der Waals surface area contributed by atoms with E-state index in [1.54, 1.807) is 24.3 Å². The van der Waals surface area contributed by atoms with Gasteiger partial charge in [0, 0.05) is 0 Å². The predicted molar refractivity (Wildman–Crippen MR) is 51.2 cm³/mol. The van der Waals surface area contributed by atoms with Gasteiger partial charge in [0.1, 0.15) is 0 Å². The summed E-state index contributed by atoms with van der Waals surface area (Å²) in [6, 6.07) is 6.81. The molecule has 1 aromatic rings. The van der Waals surface area contributed by atoms with Crippen LogP contribution in [-0.4, -0.2) is 17.2 Å². The van der Waals surface area contributed by atoms with Gasteiger partial charge < -0.3 is 9.84 Å². The molecule has 0 amide bonds. The maximum absolute atomic E-state index is 10.6. The molecule has 1 aliphatic rings. The fourth-order valence-electron chi connectivity index (χ4n) is 1.19. The molecule has 1 aliphatic carbocycles. The molecule has 1 saturated carbocycles. The number of hydrogen-bond acceptors (Lipinski definition) is 2. The minimum absolute atomic E-state index is 0.320. The van der Waals surface area contributed by atoms with Crippen molar-refractivity contribution in [2.45, 2.75) is 25.6 Å². The summed E-state index contributed by atoms with van der Waals surface area (Å²) in [6.45, 7) is 0.588. The van der Waals surface area contributed by atoms with Gasteiger partial charge >= 0.3 is 5.97 Å². The van der Waals surface area contributed by atoms with Gasteiger partial charge in [-0.2, -0.15) is 0 Å². The molecule has 2 rings (SSSR count). The van der Waals surface area contributed by atoms with Crippen molar-refractivity contribution in [3.05, 3.63) is 35.4 Å². The van der Waals surface area contributed by atoms with Gasteiger partial charge in [-0.3, -0.25) is 0 Å². The number of aromatic carboxylic acids is 1. The van der Waals surface area contributed by atoms with E-state index in [2.05, 4.69) is 0 Å². The summed E-state index contributed by atoms with van der Waals surface area (Å²) in [4.78, 5) is 10.6. The summed E-state index contributed by atoms with van der Waals surface area (Å²) >= 11 is 0. The Morgan fingerprint density at radius 1 is 1.36 bits per heavy atom. The van der Waals surface area contributed by atoms with E-state index in [0.717, 1.165) is 18.4 Å². The number of carboxylic acids is 1. The maximum atomic E-state index is 10.6. The summed E-state index contributed by atoms with van der Waals surface area (Å²) in [6.07, 6.45) is 2.76. The minimum atomic E-state index is -0.889. The van der Waals surface area contributed by atoms with Crippen molar-refractivity contribution in [2.75, 3.05) is 0 Å². The molecule has 1 aromatic carbocycles. The van der Waals surface area contributed by atoms with Gasteiger partial charge in [0.15, 0.2) is 0 Å². The van der Waals surface area contributed by atoms with Crippen molar-refractivity contribution in [1.82, 2.24) is 0 Å². The van der Waals surface area contributed by atoms with Gasteiger partial charge in [-0.05, 0) is 30.5 Å². The molecule has 3 heteroatoms. The highest BCUT2D eigenvalue weighted by Gasteiger charge is 2.21. The fourth-order valence-corrected chi connectivity index (χ4v) is 1.19. The van der Waals surface area contributed by atoms with E-state index in [-0.39, 0.29) is 0 Å². The van der Waals surface area contributed by atoms with Crippen LogP contribution >= 0.6 is 0 Å². The number of benzene rings is 1. The molecular formula is C11H12O3. The Morgan fingerprint density at radius 3 is 2.50 bits per heavy atom. The summed E-state index contributed by atoms with van der Waals surface area (Å²) < 4.78 is 5.49. The molecule has 0 aromatic heterocycles. The number of carboxylic acid groups (broad SMARTS) is 1. The molecule has 0 spiro atoms. The lowest BCUT2D eigenvalue weighted by Gasteiger charge is -2.02. The van der Waals surface area contributed by atoms with Crippen molar-refractivity contribution < 1.29 is 14.6 Å². The highest BCUT2D eigenvalue weighted by atomic mass is 16.5. The zero-order valence-corrected chi connectivity index (χ0v) is 7.77. The minimum Gasteiger partial charge on any atom is -0.478 e. The Kier molecular flexibility index (Phi) is 2.50. The van der Waals surface area contributed by atoms with Crippen LogP contribution in [0.25, 0.3) is 0 Å². The van der Waals surface area contributed by atoms with Crippen LogP contribution in [-0.2, 0) is 11.3 Å². The van der Waals surface area contributed by atoms with Crippen LogP contribution in [0.15, 0.2) is 24.3 Å². The molecule has 0 saturated heterocycles. The number of carbonyl (C=O) groups is 1. The molecule has 0 heterocycles. The van der Waals surface area contributed by atoms with Crippen LogP contribution in [0.5, 0.6) is 0 Å². The van der Waals surface area contributed by atoms with E-state index in [1.807, 2.05) is 0 Å². The SMILES string of the molecule is O=C(O)c1ccc(COC2CC2)cc1. The first kappa shape index (κ1) is 9.21. The number of rotatable bonds is 4. The topological polar surface area (TPSA) is 46.5 Å². The first-order valence-electron chi connectivity index (χ1n) is 4.69. The van der Waals surface area contributed by atoms with Crippen LogP contribution in [0.4, 0.5) is 0 Å². The van der Waals surface area contributed by atoms with Gasteiger partial charge in [-0.15, -0.1) is 0 Å². The molecule has 0 bridgehead atoms. The normalized spacial score (nSPS) is 15.4. The van der Waals surface area contributed by atoms with E-state index in [1.165, 1.54) is 0 Å². The molecule has 74 valence electrons. The van der Waals surface area contributed by atoms with Crippen molar-refractivity contribution >= 4 is 5.97 Å². The van der Waals surface area contributed by atoms with Crippen LogP contribution < -0.4 is 0 Å². The van der Waals surface area contributed by atoms with E-state index in [4.69, 9.17) is 9.84 Å². The molecule has 14 heavy (non-hydrogen) atoms. The van der Waals surface area contributed by atoms with Crippen molar-refractivity contribution in [1.29, 1.82) is 0 Å². The summed E-state index contributed by atoms with van der Waals surface area (Å²) in [7, 11) is 0. The van der Waals surface area contributed by atoms with E-state index in [9.17, 15) is 4.79 Å². The lowest BCUT2D eigenvalue weighted by Crippen LogP contribution is -1.98. The van der Waals surface area contributed by atoms with Crippen molar-refractivity contribution in [2.24, 2.45) is 0 Å². The van der Waals surface area contributed by atoms with Gasteiger partial charge in [0.2, 0.25) is 0 Å². The number of hydrogen-bond donors (Lipinski definition) is 1. The Bertz CT molecular complexity index is 325. The van der Waals surface area contributed by atoms with E-state index >= 15 is 0 Å². The van der Waals surface area contributed by atoms with Crippen LogP contribution in [0, 0.1) is 0 Å². The van der Waals surface area contributed by atoms with E-state index in [0.29, 0.717) is 18.3 Å². The van der Waals surface area contributed by atoms with Gasteiger partial charge in [0.25, 0.3) is 0 Å². The molecule has 3 nitrogen and oxygen atoms in total. The fraction of sp³-hybridized carbons (Fsp3) is 0.364. The Balaban J connectivity index is 1.94. The maximum Gasteiger partial charge on any atom is 0.335 e. The van der Waals surface area contributed by atoms with Gasteiger partial charge in [-0.1, -0.05) is 12.1 Å². The summed E-state index contributed by atoms with van der Waals surface area (Å²) in [5.74, 6) is -0.889. The average molecular weight is 192 g/mol. The Hall–Kier alpha value is -1.35. The Morgan fingerprint density at radius 2 is 2.00 bits per heavy atom. The van der Waals surface area contributed by atoms with Crippen LogP contribution in [0.1, 0.15) is 28.8 Å². The van der Waals surface area contributed by atoms with E-state index < -0.39 is 5.97 Å². The first-order chi connectivity index (χ1) is 6.75. The second-order valence-electron chi connectivity index (χ2n) is 3.51. The summed E-state index contributed by atoms with van der Waals surface area (Å²) in [5, 5.41) is 8.67. The third-order valence-corrected chi connectivity index (χ3v) is 2.21. The van der Waals surface area contributed by atoms with Gasteiger partial charge in [0.05, 0.1) is 18.3 Å². The number of ether oxygens (including phenoxy) is 1. The standard InChI is InChI=1S/C11H12O3/c12-11(13)9-3-1-8(2-4-9)7-14-10-5-6-10/h1-4,10H,5-7H2,(H,12,13). The first-order valence-corrected chi connectivity index (χ1v) is 4.69.